The van der Waals surface area contributed by atoms with Gasteiger partial charge in [0, 0.05) is 13.5 Å². The third-order valence-corrected chi connectivity index (χ3v) is 4.27. The third kappa shape index (κ3) is 4.24. The summed E-state index contributed by atoms with van der Waals surface area (Å²) < 4.78 is 16.9. The summed E-state index contributed by atoms with van der Waals surface area (Å²) in [6, 6.07) is 15.4. The van der Waals surface area contributed by atoms with Crippen molar-refractivity contribution in [2.24, 2.45) is 0 Å². The van der Waals surface area contributed by atoms with Gasteiger partial charge in [-0.1, -0.05) is 30.3 Å². The van der Waals surface area contributed by atoms with Gasteiger partial charge in [0.15, 0.2) is 17.6 Å². The number of likely N-dealkylation sites (N-methyl/N-ethyl adjacent to an activating group) is 1. The van der Waals surface area contributed by atoms with E-state index in [0.29, 0.717) is 26.0 Å². The van der Waals surface area contributed by atoms with E-state index < -0.39 is 0 Å². The number of aryl methyl sites for hydroxylation is 1. The third-order valence-electron chi connectivity index (χ3n) is 4.27. The first-order chi connectivity index (χ1) is 12.2. The molecular weight excluding hydrogens is 318 g/mol. The second-order valence-corrected chi connectivity index (χ2v) is 6.08. The van der Waals surface area contributed by atoms with E-state index in [1.165, 1.54) is 0 Å². The molecule has 0 spiro atoms. The number of fused-ring (bicyclic) bond motifs is 1. The van der Waals surface area contributed by atoms with E-state index in [0.717, 1.165) is 22.8 Å². The molecule has 1 aliphatic heterocycles. The zero-order valence-corrected chi connectivity index (χ0v) is 14.6. The SMILES string of the molecule is COc1ccccc1CCC(=O)N(C)CC1COc2ccccc2O1. The van der Waals surface area contributed by atoms with Crippen molar-refractivity contribution >= 4 is 5.91 Å². The molecule has 1 heterocycles. The molecule has 1 aliphatic rings. The van der Waals surface area contributed by atoms with Gasteiger partial charge in [0.05, 0.1) is 13.7 Å². The Bertz CT molecular complexity index is 731. The summed E-state index contributed by atoms with van der Waals surface area (Å²) in [5.74, 6) is 2.38. The number of nitrogens with zero attached hydrogens (tertiary/aromatic N) is 1. The molecule has 0 aliphatic carbocycles. The molecule has 1 amide bonds. The maximum absolute atomic E-state index is 12.4. The monoisotopic (exact) mass is 341 g/mol. The Morgan fingerprint density at radius 3 is 2.68 bits per heavy atom. The minimum absolute atomic E-state index is 0.0772. The lowest BCUT2D eigenvalue weighted by Crippen LogP contribution is -2.41. The first kappa shape index (κ1) is 17.1. The summed E-state index contributed by atoms with van der Waals surface area (Å²) in [5.41, 5.74) is 1.04. The van der Waals surface area contributed by atoms with Crippen LogP contribution in [0, 0.1) is 0 Å². The highest BCUT2D eigenvalue weighted by Crippen LogP contribution is 2.31. The Hall–Kier alpha value is -2.69. The quantitative estimate of drug-likeness (QED) is 0.811. The van der Waals surface area contributed by atoms with Crippen LogP contribution in [-0.4, -0.2) is 44.2 Å². The van der Waals surface area contributed by atoms with Crippen LogP contribution < -0.4 is 14.2 Å². The number of amides is 1. The zero-order valence-electron chi connectivity index (χ0n) is 14.6. The maximum Gasteiger partial charge on any atom is 0.222 e. The molecule has 0 saturated carbocycles. The van der Waals surface area contributed by atoms with Crippen LogP contribution >= 0.6 is 0 Å². The van der Waals surface area contributed by atoms with Crippen molar-refractivity contribution in [3.63, 3.8) is 0 Å². The van der Waals surface area contributed by atoms with Crippen LogP contribution in [0.25, 0.3) is 0 Å². The van der Waals surface area contributed by atoms with Crippen molar-refractivity contribution in [2.75, 3.05) is 27.3 Å². The van der Waals surface area contributed by atoms with Gasteiger partial charge >= 0.3 is 0 Å². The van der Waals surface area contributed by atoms with Crippen LogP contribution in [0.3, 0.4) is 0 Å². The van der Waals surface area contributed by atoms with E-state index >= 15 is 0 Å². The number of rotatable bonds is 6. The van der Waals surface area contributed by atoms with Crippen LogP contribution in [-0.2, 0) is 11.2 Å². The lowest BCUT2D eigenvalue weighted by molar-refractivity contribution is -0.131. The van der Waals surface area contributed by atoms with Crippen molar-refractivity contribution in [3.05, 3.63) is 54.1 Å². The largest absolute Gasteiger partial charge is 0.496 e. The van der Waals surface area contributed by atoms with Gasteiger partial charge in [0.25, 0.3) is 0 Å². The van der Waals surface area contributed by atoms with Gasteiger partial charge in [0.2, 0.25) is 5.91 Å². The molecule has 25 heavy (non-hydrogen) atoms. The second-order valence-electron chi connectivity index (χ2n) is 6.08. The molecule has 2 aromatic carbocycles. The van der Waals surface area contributed by atoms with Crippen molar-refractivity contribution in [1.29, 1.82) is 0 Å². The predicted octanol–water partition coefficient (Wildman–Crippen LogP) is 2.93. The van der Waals surface area contributed by atoms with E-state index in [-0.39, 0.29) is 12.0 Å². The molecule has 2 aromatic rings. The van der Waals surface area contributed by atoms with E-state index in [1.54, 1.807) is 19.1 Å². The summed E-state index contributed by atoms with van der Waals surface area (Å²) in [7, 11) is 3.44. The zero-order chi connectivity index (χ0) is 17.6. The molecule has 132 valence electrons. The van der Waals surface area contributed by atoms with Crippen LogP contribution in [0.4, 0.5) is 0 Å². The number of carbonyl (C=O) groups excluding carboxylic acids is 1. The molecular formula is C20H23NO4. The second kappa shape index (κ2) is 7.92. The highest BCUT2D eigenvalue weighted by atomic mass is 16.6. The van der Waals surface area contributed by atoms with Crippen LogP contribution in [0.5, 0.6) is 17.2 Å². The van der Waals surface area contributed by atoms with Crippen LogP contribution in [0.2, 0.25) is 0 Å². The highest BCUT2D eigenvalue weighted by molar-refractivity contribution is 5.76. The Morgan fingerprint density at radius 2 is 1.88 bits per heavy atom. The summed E-state index contributed by atoms with van der Waals surface area (Å²) in [5, 5.41) is 0. The number of hydrogen-bond acceptors (Lipinski definition) is 4. The number of hydrogen-bond donors (Lipinski definition) is 0. The lowest BCUT2D eigenvalue weighted by atomic mass is 10.1. The molecule has 5 heteroatoms. The molecule has 0 aromatic heterocycles. The Balaban J connectivity index is 1.51. The fourth-order valence-electron chi connectivity index (χ4n) is 2.90. The Labute approximate surface area is 148 Å². The first-order valence-electron chi connectivity index (χ1n) is 8.41. The topological polar surface area (TPSA) is 48.0 Å². The molecule has 0 radical (unpaired) electrons. The molecule has 3 rings (SSSR count). The predicted molar refractivity (Wildman–Crippen MR) is 95.3 cm³/mol. The van der Waals surface area contributed by atoms with E-state index in [1.807, 2.05) is 48.5 Å². The molecule has 1 atom stereocenters. The number of benzene rings is 2. The number of carbonyl (C=O) groups is 1. The molecule has 1 unspecified atom stereocenters. The van der Waals surface area contributed by atoms with Gasteiger partial charge in [0.1, 0.15) is 12.4 Å². The molecule has 0 N–H and O–H groups in total. The number of para-hydroxylation sites is 3. The molecule has 0 fully saturated rings. The Kier molecular flexibility index (Phi) is 5.43. The minimum Gasteiger partial charge on any atom is -0.496 e. The molecule has 5 nitrogen and oxygen atoms in total. The van der Waals surface area contributed by atoms with Crippen molar-refractivity contribution in [1.82, 2.24) is 4.90 Å². The first-order valence-corrected chi connectivity index (χ1v) is 8.41. The van der Waals surface area contributed by atoms with Crippen molar-refractivity contribution < 1.29 is 19.0 Å². The molecule has 0 saturated heterocycles. The normalized spacial score (nSPS) is 15.5. The average Bonchev–Trinajstić information content (AvgIpc) is 2.66. The van der Waals surface area contributed by atoms with Crippen LogP contribution in [0.15, 0.2) is 48.5 Å². The van der Waals surface area contributed by atoms with Gasteiger partial charge in [-0.2, -0.15) is 0 Å². The van der Waals surface area contributed by atoms with Crippen molar-refractivity contribution in [3.8, 4) is 17.2 Å². The summed E-state index contributed by atoms with van der Waals surface area (Å²) in [4.78, 5) is 14.1. The van der Waals surface area contributed by atoms with Gasteiger partial charge in [-0.15, -0.1) is 0 Å². The van der Waals surface area contributed by atoms with Gasteiger partial charge in [-0.25, -0.2) is 0 Å². The lowest BCUT2D eigenvalue weighted by Gasteiger charge is -2.29. The smallest absolute Gasteiger partial charge is 0.222 e. The minimum atomic E-state index is -0.157. The maximum atomic E-state index is 12.4. The highest BCUT2D eigenvalue weighted by Gasteiger charge is 2.23. The number of methoxy groups -OCH3 is 1. The van der Waals surface area contributed by atoms with Gasteiger partial charge in [-0.3, -0.25) is 4.79 Å². The summed E-state index contributed by atoms with van der Waals surface area (Å²) in [6.07, 6.45) is 0.925. The van der Waals surface area contributed by atoms with E-state index in [4.69, 9.17) is 14.2 Å². The molecule has 0 bridgehead atoms. The van der Waals surface area contributed by atoms with Gasteiger partial charge in [-0.05, 0) is 30.2 Å². The summed E-state index contributed by atoms with van der Waals surface area (Å²) >= 11 is 0. The average molecular weight is 341 g/mol. The standard InChI is InChI=1S/C20H23NO4/c1-21(13-16-14-24-18-9-5-6-10-19(18)25-16)20(22)12-11-15-7-3-4-8-17(15)23-2/h3-10,16H,11-14H2,1-2H3. The summed E-state index contributed by atoms with van der Waals surface area (Å²) in [6.45, 7) is 0.945. The van der Waals surface area contributed by atoms with Crippen molar-refractivity contribution in [2.45, 2.75) is 18.9 Å². The Morgan fingerprint density at radius 1 is 1.16 bits per heavy atom. The van der Waals surface area contributed by atoms with E-state index in [2.05, 4.69) is 0 Å². The fraction of sp³-hybridized carbons (Fsp3) is 0.350. The van der Waals surface area contributed by atoms with Crippen LogP contribution in [0.1, 0.15) is 12.0 Å². The van der Waals surface area contributed by atoms with E-state index in [9.17, 15) is 4.79 Å². The van der Waals surface area contributed by atoms with Gasteiger partial charge < -0.3 is 19.1 Å². The fourth-order valence-corrected chi connectivity index (χ4v) is 2.90. The number of ether oxygens (including phenoxy) is 3.